The second-order valence-corrected chi connectivity index (χ2v) is 7.65. The van der Waals surface area contributed by atoms with E-state index in [4.69, 9.17) is 5.11 Å². The van der Waals surface area contributed by atoms with Gasteiger partial charge in [-0.15, -0.1) is 0 Å². The van der Waals surface area contributed by atoms with Gasteiger partial charge in [0.1, 0.15) is 5.82 Å². The molecule has 4 heteroatoms. The summed E-state index contributed by atoms with van der Waals surface area (Å²) < 4.78 is 0. The van der Waals surface area contributed by atoms with Crippen LogP contribution in [0.1, 0.15) is 114 Å². The van der Waals surface area contributed by atoms with Gasteiger partial charge in [-0.05, 0) is 32.1 Å². The van der Waals surface area contributed by atoms with Gasteiger partial charge < -0.3 is 15.2 Å². The van der Waals surface area contributed by atoms with Crippen molar-refractivity contribution in [1.82, 2.24) is 9.97 Å². The van der Waals surface area contributed by atoms with Crippen LogP contribution in [0, 0.1) is 0 Å². The zero-order valence-corrected chi connectivity index (χ0v) is 17.5. The lowest BCUT2D eigenvalue weighted by Crippen LogP contribution is -1.99. The van der Waals surface area contributed by atoms with E-state index >= 15 is 0 Å². The fourth-order valence-electron chi connectivity index (χ4n) is 3.34. The number of aromatic amines is 1. The molecule has 0 aromatic carbocycles. The number of aromatic nitrogens is 2. The summed E-state index contributed by atoms with van der Waals surface area (Å²) in [5.74, 6) is 0.746. The normalized spacial score (nSPS) is 12.9. The van der Waals surface area contributed by atoms with Crippen LogP contribution in [0.3, 0.4) is 0 Å². The SMILES string of the molecule is CCCCCCCCC=CCCCCCCCC(O)c1cnc(CCO)[nH]1. The number of imidazole rings is 1. The van der Waals surface area contributed by atoms with Gasteiger partial charge in [-0.3, -0.25) is 0 Å². The second-order valence-electron chi connectivity index (χ2n) is 7.65. The lowest BCUT2D eigenvalue weighted by Gasteiger charge is -2.08. The molecule has 0 spiro atoms. The summed E-state index contributed by atoms with van der Waals surface area (Å²) in [6, 6.07) is 0. The van der Waals surface area contributed by atoms with Crippen molar-refractivity contribution in [2.45, 2.75) is 109 Å². The van der Waals surface area contributed by atoms with E-state index in [1.54, 1.807) is 6.20 Å². The van der Waals surface area contributed by atoms with E-state index < -0.39 is 6.10 Å². The zero-order chi connectivity index (χ0) is 19.6. The molecule has 0 radical (unpaired) electrons. The topological polar surface area (TPSA) is 69.1 Å². The molecule has 1 atom stereocenters. The summed E-state index contributed by atoms with van der Waals surface area (Å²) in [5.41, 5.74) is 0.772. The third-order valence-electron chi connectivity index (χ3n) is 5.10. The second kappa shape index (κ2) is 17.0. The fourth-order valence-corrected chi connectivity index (χ4v) is 3.34. The molecular weight excluding hydrogens is 336 g/mol. The van der Waals surface area contributed by atoms with Crippen LogP contribution in [0.25, 0.3) is 0 Å². The van der Waals surface area contributed by atoms with E-state index in [-0.39, 0.29) is 6.61 Å². The number of H-pyrrole nitrogens is 1. The molecule has 1 rings (SSSR count). The Morgan fingerprint density at radius 1 is 0.926 bits per heavy atom. The predicted octanol–water partition coefficient (Wildman–Crippen LogP) is 6.02. The maximum atomic E-state index is 10.2. The third kappa shape index (κ3) is 12.8. The predicted molar refractivity (Wildman–Crippen MR) is 114 cm³/mol. The lowest BCUT2D eigenvalue weighted by molar-refractivity contribution is 0.159. The summed E-state index contributed by atoms with van der Waals surface area (Å²) in [6.07, 6.45) is 24.0. The molecule has 1 unspecified atom stereocenters. The largest absolute Gasteiger partial charge is 0.396 e. The first kappa shape index (κ1) is 23.9. The summed E-state index contributed by atoms with van der Waals surface area (Å²) in [5, 5.41) is 19.1. The highest BCUT2D eigenvalue weighted by atomic mass is 16.3. The molecule has 0 aliphatic heterocycles. The van der Waals surface area contributed by atoms with Gasteiger partial charge >= 0.3 is 0 Å². The molecule has 0 amide bonds. The van der Waals surface area contributed by atoms with Crippen LogP contribution in [-0.4, -0.2) is 26.8 Å². The van der Waals surface area contributed by atoms with Gasteiger partial charge in [-0.25, -0.2) is 4.98 Å². The lowest BCUT2D eigenvalue weighted by atomic mass is 10.1. The Bertz CT molecular complexity index is 471. The molecule has 156 valence electrons. The minimum atomic E-state index is -0.463. The molecular formula is C23H42N2O2. The van der Waals surface area contributed by atoms with Crippen LogP contribution in [0.15, 0.2) is 18.3 Å². The minimum Gasteiger partial charge on any atom is -0.396 e. The van der Waals surface area contributed by atoms with Gasteiger partial charge in [0.25, 0.3) is 0 Å². The Morgan fingerprint density at radius 3 is 2.15 bits per heavy atom. The molecule has 27 heavy (non-hydrogen) atoms. The van der Waals surface area contributed by atoms with Crippen LogP contribution >= 0.6 is 0 Å². The molecule has 0 bridgehead atoms. The average Bonchev–Trinajstić information content (AvgIpc) is 3.14. The van der Waals surface area contributed by atoms with Crippen LogP contribution in [0.4, 0.5) is 0 Å². The van der Waals surface area contributed by atoms with E-state index in [9.17, 15) is 5.11 Å². The van der Waals surface area contributed by atoms with Crippen LogP contribution in [0.2, 0.25) is 0 Å². The summed E-state index contributed by atoms with van der Waals surface area (Å²) in [6.45, 7) is 2.35. The van der Waals surface area contributed by atoms with E-state index in [0.717, 1.165) is 24.4 Å². The maximum absolute atomic E-state index is 10.2. The number of hydrogen-bond acceptors (Lipinski definition) is 3. The standard InChI is InChI=1S/C23H42N2O2/c1-2-3-4-5-6-7-8-9-10-11-12-13-14-15-16-17-22(27)21-20-24-23(25-21)18-19-26/h9-10,20,22,26-27H,2-8,11-19H2,1H3,(H,24,25). The van der Waals surface area contributed by atoms with Gasteiger partial charge in [0.2, 0.25) is 0 Å². The van der Waals surface area contributed by atoms with E-state index in [1.165, 1.54) is 77.0 Å². The molecule has 3 N–H and O–H groups in total. The Balaban J connectivity index is 1.88. The van der Waals surface area contributed by atoms with Gasteiger partial charge in [0.15, 0.2) is 0 Å². The van der Waals surface area contributed by atoms with Crippen molar-refractivity contribution in [2.24, 2.45) is 0 Å². The molecule has 0 saturated heterocycles. The van der Waals surface area contributed by atoms with Crippen molar-refractivity contribution in [3.8, 4) is 0 Å². The summed E-state index contributed by atoms with van der Waals surface area (Å²) in [4.78, 5) is 7.25. The molecule has 4 nitrogen and oxygen atoms in total. The van der Waals surface area contributed by atoms with Gasteiger partial charge in [-0.1, -0.05) is 76.9 Å². The van der Waals surface area contributed by atoms with E-state index in [1.807, 2.05) is 0 Å². The summed E-state index contributed by atoms with van der Waals surface area (Å²) in [7, 11) is 0. The molecule has 1 aromatic heterocycles. The van der Waals surface area contributed by atoms with Crippen molar-refractivity contribution in [3.63, 3.8) is 0 Å². The monoisotopic (exact) mass is 378 g/mol. The highest BCUT2D eigenvalue weighted by molar-refractivity contribution is 5.04. The minimum absolute atomic E-state index is 0.0806. The number of allylic oxidation sites excluding steroid dienone is 2. The van der Waals surface area contributed by atoms with Crippen molar-refractivity contribution in [2.75, 3.05) is 6.61 Å². The first-order valence-corrected chi connectivity index (χ1v) is 11.3. The highest BCUT2D eigenvalue weighted by Crippen LogP contribution is 2.19. The number of rotatable bonds is 18. The van der Waals surface area contributed by atoms with Gasteiger partial charge in [0.05, 0.1) is 24.6 Å². The van der Waals surface area contributed by atoms with Crippen molar-refractivity contribution >= 4 is 0 Å². The Kier molecular flexibility index (Phi) is 15.1. The van der Waals surface area contributed by atoms with E-state index in [0.29, 0.717) is 6.42 Å². The molecule has 1 aromatic rings. The number of nitrogens with one attached hydrogen (secondary N) is 1. The third-order valence-corrected chi connectivity index (χ3v) is 5.10. The first-order valence-electron chi connectivity index (χ1n) is 11.3. The van der Waals surface area contributed by atoms with Gasteiger partial charge in [0, 0.05) is 6.42 Å². The Labute approximate surface area is 166 Å². The summed E-state index contributed by atoms with van der Waals surface area (Å²) >= 11 is 0. The van der Waals surface area contributed by atoms with Crippen LogP contribution in [-0.2, 0) is 6.42 Å². The number of unbranched alkanes of at least 4 members (excludes halogenated alkanes) is 11. The van der Waals surface area contributed by atoms with Gasteiger partial charge in [-0.2, -0.15) is 0 Å². The first-order chi connectivity index (χ1) is 13.3. The van der Waals surface area contributed by atoms with Crippen LogP contribution in [0.5, 0.6) is 0 Å². The zero-order valence-electron chi connectivity index (χ0n) is 17.5. The van der Waals surface area contributed by atoms with Crippen molar-refractivity contribution in [3.05, 3.63) is 29.9 Å². The number of hydrogen-bond donors (Lipinski definition) is 3. The molecule has 0 fully saturated rings. The molecule has 1 heterocycles. The highest BCUT2D eigenvalue weighted by Gasteiger charge is 2.10. The van der Waals surface area contributed by atoms with Crippen LogP contribution < -0.4 is 0 Å². The molecule has 0 aliphatic rings. The quantitative estimate of drug-likeness (QED) is 0.216. The molecule has 0 aliphatic carbocycles. The Morgan fingerprint density at radius 2 is 1.52 bits per heavy atom. The van der Waals surface area contributed by atoms with Crippen molar-refractivity contribution < 1.29 is 10.2 Å². The number of nitrogens with zero attached hydrogens (tertiary/aromatic N) is 1. The van der Waals surface area contributed by atoms with Crippen molar-refractivity contribution in [1.29, 1.82) is 0 Å². The average molecular weight is 379 g/mol. The van der Waals surface area contributed by atoms with E-state index in [2.05, 4.69) is 29.0 Å². The smallest absolute Gasteiger partial charge is 0.108 e. The maximum Gasteiger partial charge on any atom is 0.108 e. The molecule has 0 saturated carbocycles. The number of aliphatic hydroxyl groups is 2. The fraction of sp³-hybridized carbons (Fsp3) is 0.783. The number of aliphatic hydroxyl groups excluding tert-OH is 2. The Hall–Kier alpha value is -1.13.